The molecule has 28 heavy (non-hydrogen) atoms. The van der Waals surface area contributed by atoms with Crippen LogP contribution in [0.5, 0.6) is 0 Å². The van der Waals surface area contributed by atoms with Crippen LogP contribution in [0, 0.1) is 10.1 Å². The number of nitro benzene ring substituents is 1. The second kappa shape index (κ2) is 7.87. The minimum absolute atomic E-state index is 0.0811. The summed E-state index contributed by atoms with van der Waals surface area (Å²) in [7, 11) is 0. The average molecular weight is 399 g/mol. The third kappa shape index (κ3) is 3.92. The first-order valence-electron chi connectivity index (χ1n) is 8.73. The van der Waals surface area contributed by atoms with E-state index < -0.39 is 4.92 Å². The summed E-state index contributed by atoms with van der Waals surface area (Å²) in [4.78, 5) is 32.3. The van der Waals surface area contributed by atoms with Crippen LogP contribution in [0.4, 0.5) is 5.69 Å². The quantitative estimate of drug-likeness (QED) is 0.480. The lowest BCUT2D eigenvalue weighted by Gasteiger charge is -2.33. The van der Waals surface area contributed by atoms with E-state index in [1.807, 2.05) is 17.5 Å². The predicted molar refractivity (Wildman–Crippen MR) is 102 cm³/mol. The molecule has 144 valence electrons. The molecule has 4 rings (SSSR count). The lowest BCUT2D eigenvalue weighted by Crippen LogP contribution is -2.48. The van der Waals surface area contributed by atoms with Gasteiger partial charge in [-0.15, -0.1) is 11.3 Å². The maximum atomic E-state index is 12.6. The van der Waals surface area contributed by atoms with Gasteiger partial charge in [0.1, 0.15) is 0 Å². The molecule has 3 aromatic rings. The van der Waals surface area contributed by atoms with E-state index in [0.29, 0.717) is 50.0 Å². The summed E-state index contributed by atoms with van der Waals surface area (Å²) in [6.07, 6.45) is 0. The maximum Gasteiger partial charge on any atom is 0.270 e. The van der Waals surface area contributed by atoms with Crippen molar-refractivity contribution in [1.82, 2.24) is 19.9 Å². The predicted octanol–water partition coefficient (Wildman–Crippen LogP) is 2.66. The summed E-state index contributed by atoms with van der Waals surface area (Å²) in [6.45, 7) is 2.92. The Balaban J connectivity index is 1.34. The van der Waals surface area contributed by atoms with Gasteiger partial charge in [-0.2, -0.15) is 4.98 Å². The number of piperazine rings is 1. The zero-order valence-electron chi connectivity index (χ0n) is 14.9. The fraction of sp³-hybridized carbons (Fsp3) is 0.278. The molecule has 0 radical (unpaired) electrons. The first-order valence-corrected chi connectivity index (χ1v) is 9.60. The molecular weight excluding hydrogens is 382 g/mol. The minimum Gasteiger partial charge on any atom is -0.338 e. The summed E-state index contributed by atoms with van der Waals surface area (Å²) in [5.41, 5.74) is 0.252. The summed E-state index contributed by atoms with van der Waals surface area (Å²) in [5, 5.41) is 16.9. The molecule has 0 bridgehead atoms. The molecule has 9 nitrogen and oxygen atoms in total. The summed E-state index contributed by atoms with van der Waals surface area (Å²) in [6, 6.07) is 9.71. The zero-order chi connectivity index (χ0) is 19.5. The van der Waals surface area contributed by atoms with Crippen LogP contribution in [0.2, 0.25) is 0 Å². The summed E-state index contributed by atoms with van der Waals surface area (Å²) in [5.74, 6) is 0.937. The highest BCUT2D eigenvalue weighted by molar-refractivity contribution is 7.13. The molecule has 1 aliphatic heterocycles. The summed E-state index contributed by atoms with van der Waals surface area (Å²) < 4.78 is 5.33. The van der Waals surface area contributed by atoms with Crippen LogP contribution in [0.3, 0.4) is 0 Å². The Hall–Kier alpha value is -3.11. The van der Waals surface area contributed by atoms with E-state index in [1.165, 1.54) is 18.2 Å². The van der Waals surface area contributed by atoms with Crippen molar-refractivity contribution in [1.29, 1.82) is 0 Å². The fourth-order valence-corrected chi connectivity index (χ4v) is 3.71. The monoisotopic (exact) mass is 399 g/mol. The van der Waals surface area contributed by atoms with E-state index in [2.05, 4.69) is 15.0 Å². The number of thiophene rings is 1. The molecule has 3 heterocycles. The molecule has 2 aromatic heterocycles. The second-order valence-electron chi connectivity index (χ2n) is 6.36. The maximum absolute atomic E-state index is 12.6. The molecule has 0 spiro atoms. The largest absolute Gasteiger partial charge is 0.338 e. The van der Waals surface area contributed by atoms with Gasteiger partial charge in [0, 0.05) is 43.9 Å². The Morgan fingerprint density at radius 2 is 2.04 bits per heavy atom. The first-order chi connectivity index (χ1) is 13.6. The number of nitro groups is 1. The standard InChI is InChI=1S/C18H17N5O4S/c24-18(13-3-1-4-14(11-13)23(25)26)22-8-6-21(7-9-22)12-16-19-17(20-27-16)15-5-2-10-28-15/h1-5,10-11H,6-9,12H2. The molecule has 0 unspecified atom stereocenters. The molecule has 0 saturated carbocycles. The van der Waals surface area contributed by atoms with Gasteiger partial charge in [0.15, 0.2) is 0 Å². The van der Waals surface area contributed by atoms with Crippen molar-refractivity contribution in [2.75, 3.05) is 26.2 Å². The minimum atomic E-state index is -0.496. The number of rotatable bonds is 5. The van der Waals surface area contributed by atoms with E-state index >= 15 is 0 Å². The number of amides is 1. The van der Waals surface area contributed by atoms with Crippen LogP contribution in [0.1, 0.15) is 16.2 Å². The Morgan fingerprint density at radius 1 is 1.21 bits per heavy atom. The molecule has 0 aliphatic carbocycles. The van der Waals surface area contributed by atoms with Gasteiger partial charge in [0.05, 0.1) is 16.3 Å². The normalized spacial score (nSPS) is 14.9. The van der Waals surface area contributed by atoms with Gasteiger partial charge in [-0.05, 0) is 17.5 Å². The third-order valence-corrected chi connectivity index (χ3v) is 5.40. The van der Waals surface area contributed by atoms with Crippen molar-refractivity contribution in [3.05, 3.63) is 63.3 Å². The highest BCUT2D eigenvalue weighted by Crippen LogP contribution is 2.22. The lowest BCUT2D eigenvalue weighted by atomic mass is 10.1. The number of carbonyl (C=O) groups excluding carboxylic acids is 1. The van der Waals surface area contributed by atoms with Crippen LogP contribution in [0.15, 0.2) is 46.3 Å². The number of benzene rings is 1. The van der Waals surface area contributed by atoms with Crippen molar-refractivity contribution in [3.63, 3.8) is 0 Å². The van der Waals surface area contributed by atoms with Crippen LogP contribution in [0.25, 0.3) is 10.7 Å². The average Bonchev–Trinajstić information content (AvgIpc) is 3.40. The molecular formula is C18H17N5O4S. The second-order valence-corrected chi connectivity index (χ2v) is 7.31. The van der Waals surface area contributed by atoms with E-state index in [4.69, 9.17) is 4.52 Å². The molecule has 0 atom stereocenters. The van der Waals surface area contributed by atoms with Crippen molar-refractivity contribution in [2.24, 2.45) is 0 Å². The third-order valence-electron chi connectivity index (χ3n) is 4.53. The van der Waals surface area contributed by atoms with E-state index in [0.717, 1.165) is 4.88 Å². The highest BCUT2D eigenvalue weighted by atomic mass is 32.1. The van der Waals surface area contributed by atoms with Gasteiger partial charge >= 0.3 is 0 Å². The number of carbonyl (C=O) groups is 1. The van der Waals surface area contributed by atoms with E-state index in [9.17, 15) is 14.9 Å². The van der Waals surface area contributed by atoms with Crippen molar-refractivity contribution in [3.8, 4) is 10.7 Å². The Labute approximate surface area is 164 Å². The highest BCUT2D eigenvalue weighted by Gasteiger charge is 2.24. The number of hydrogen-bond acceptors (Lipinski definition) is 8. The van der Waals surface area contributed by atoms with Crippen molar-refractivity contribution < 1.29 is 14.2 Å². The van der Waals surface area contributed by atoms with Crippen LogP contribution >= 0.6 is 11.3 Å². The molecule has 1 aliphatic rings. The number of non-ortho nitro benzene ring substituents is 1. The number of aromatic nitrogens is 2. The topological polar surface area (TPSA) is 106 Å². The van der Waals surface area contributed by atoms with Gasteiger partial charge in [0.2, 0.25) is 11.7 Å². The first kappa shape index (κ1) is 18.3. The Kier molecular flexibility index (Phi) is 5.13. The van der Waals surface area contributed by atoms with Crippen LogP contribution in [-0.2, 0) is 6.54 Å². The van der Waals surface area contributed by atoms with Crippen molar-refractivity contribution >= 4 is 22.9 Å². The van der Waals surface area contributed by atoms with Crippen molar-refractivity contribution in [2.45, 2.75) is 6.54 Å². The SMILES string of the molecule is O=C(c1cccc([N+](=O)[O-])c1)N1CCN(Cc2nc(-c3cccs3)no2)CC1. The lowest BCUT2D eigenvalue weighted by molar-refractivity contribution is -0.384. The molecule has 1 amide bonds. The van der Waals surface area contributed by atoms with Crippen LogP contribution < -0.4 is 0 Å². The molecule has 1 saturated heterocycles. The number of nitrogens with zero attached hydrogens (tertiary/aromatic N) is 5. The molecule has 1 fully saturated rings. The zero-order valence-corrected chi connectivity index (χ0v) is 15.7. The van der Waals surface area contributed by atoms with Gasteiger partial charge in [-0.3, -0.25) is 19.8 Å². The Bertz CT molecular complexity index is 980. The van der Waals surface area contributed by atoms with E-state index in [-0.39, 0.29) is 11.6 Å². The van der Waals surface area contributed by atoms with Crippen LogP contribution in [-0.4, -0.2) is 56.9 Å². The van der Waals surface area contributed by atoms with Gasteiger partial charge in [-0.1, -0.05) is 17.3 Å². The van der Waals surface area contributed by atoms with Gasteiger partial charge in [-0.25, -0.2) is 0 Å². The molecule has 1 aromatic carbocycles. The fourth-order valence-electron chi connectivity index (χ4n) is 3.06. The Morgan fingerprint density at radius 3 is 2.75 bits per heavy atom. The van der Waals surface area contributed by atoms with Gasteiger partial charge < -0.3 is 9.42 Å². The smallest absolute Gasteiger partial charge is 0.270 e. The van der Waals surface area contributed by atoms with E-state index in [1.54, 1.807) is 22.3 Å². The summed E-state index contributed by atoms with van der Waals surface area (Å²) >= 11 is 1.55. The molecule has 10 heteroatoms. The van der Waals surface area contributed by atoms with Gasteiger partial charge in [0.25, 0.3) is 11.6 Å². The molecule has 0 N–H and O–H groups in total. The number of hydrogen-bond donors (Lipinski definition) is 0.